The number of hydrogen-bond donors (Lipinski definition) is 1. The molecule has 1 saturated heterocycles. The van der Waals surface area contributed by atoms with Crippen LogP contribution in [0.5, 0.6) is 5.75 Å². The van der Waals surface area contributed by atoms with Crippen LogP contribution in [0.4, 0.5) is 10.5 Å². The highest BCUT2D eigenvalue weighted by Crippen LogP contribution is 2.32. The van der Waals surface area contributed by atoms with Gasteiger partial charge < -0.3 is 10.1 Å². The predicted octanol–water partition coefficient (Wildman–Crippen LogP) is 2.57. The molecule has 0 spiro atoms. The first-order chi connectivity index (χ1) is 12.4. The molecule has 0 bridgehead atoms. The van der Waals surface area contributed by atoms with E-state index >= 15 is 0 Å². The number of methoxy groups -OCH3 is 1. The van der Waals surface area contributed by atoms with E-state index in [2.05, 4.69) is 5.32 Å². The SMILES string of the molecule is COc1ccc(C2(C)NC(=O)N(Cc3ccccc3[N+](=O)[O-])C2=O)cc1. The Hall–Kier alpha value is -3.42. The van der Waals surface area contributed by atoms with Crippen LogP contribution in [-0.4, -0.2) is 28.9 Å². The molecule has 1 fully saturated rings. The molecule has 1 atom stereocenters. The van der Waals surface area contributed by atoms with Gasteiger partial charge in [-0.1, -0.05) is 30.3 Å². The Morgan fingerprint density at radius 1 is 1.15 bits per heavy atom. The minimum Gasteiger partial charge on any atom is -0.497 e. The summed E-state index contributed by atoms with van der Waals surface area (Å²) >= 11 is 0. The summed E-state index contributed by atoms with van der Waals surface area (Å²) in [6.07, 6.45) is 0. The van der Waals surface area contributed by atoms with Crippen LogP contribution in [0.1, 0.15) is 18.1 Å². The van der Waals surface area contributed by atoms with Crippen molar-refractivity contribution in [2.45, 2.75) is 19.0 Å². The molecular weight excluding hydrogens is 338 g/mol. The Kier molecular flexibility index (Phi) is 4.33. The lowest BCUT2D eigenvalue weighted by molar-refractivity contribution is -0.385. The molecule has 8 nitrogen and oxygen atoms in total. The van der Waals surface area contributed by atoms with E-state index in [0.29, 0.717) is 16.9 Å². The molecule has 8 heteroatoms. The summed E-state index contributed by atoms with van der Waals surface area (Å²) in [5.41, 5.74) is -0.486. The molecule has 2 aromatic rings. The molecule has 1 N–H and O–H groups in total. The number of nitro benzene ring substituents is 1. The average Bonchev–Trinajstić information content (AvgIpc) is 2.86. The van der Waals surface area contributed by atoms with Crippen molar-refractivity contribution in [2.75, 3.05) is 7.11 Å². The fraction of sp³-hybridized carbons (Fsp3) is 0.222. The van der Waals surface area contributed by atoms with Gasteiger partial charge in [-0.3, -0.25) is 19.8 Å². The number of urea groups is 1. The van der Waals surface area contributed by atoms with Crippen molar-refractivity contribution >= 4 is 17.6 Å². The van der Waals surface area contributed by atoms with Crippen molar-refractivity contribution < 1.29 is 19.2 Å². The molecule has 0 radical (unpaired) electrons. The predicted molar refractivity (Wildman–Crippen MR) is 92.5 cm³/mol. The number of imide groups is 1. The Labute approximate surface area is 149 Å². The molecule has 3 amide bonds. The number of para-hydroxylation sites is 1. The summed E-state index contributed by atoms with van der Waals surface area (Å²) in [6.45, 7) is 1.43. The third kappa shape index (κ3) is 2.85. The Morgan fingerprint density at radius 2 is 1.81 bits per heavy atom. The fourth-order valence-electron chi connectivity index (χ4n) is 2.95. The molecule has 1 aliphatic heterocycles. The van der Waals surface area contributed by atoms with E-state index in [1.807, 2.05) is 0 Å². The number of nitro groups is 1. The van der Waals surface area contributed by atoms with Gasteiger partial charge in [0.1, 0.15) is 11.3 Å². The number of amides is 3. The number of carbonyl (C=O) groups is 2. The molecule has 26 heavy (non-hydrogen) atoms. The van der Waals surface area contributed by atoms with Crippen molar-refractivity contribution in [3.63, 3.8) is 0 Å². The number of ether oxygens (including phenoxy) is 1. The molecule has 1 unspecified atom stereocenters. The maximum atomic E-state index is 12.9. The number of rotatable bonds is 5. The highest BCUT2D eigenvalue weighted by atomic mass is 16.6. The molecule has 1 heterocycles. The first-order valence-electron chi connectivity index (χ1n) is 7.88. The normalized spacial score (nSPS) is 19.4. The van der Waals surface area contributed by atoms with Gasteiger partial charge in [-0.15, -0.1) is 0 Å². The summed E-state index contributed by atoms with van der Waals surface area (Å²) in [7, 11) is 1.54. The third-order valence-electron chi connectivity index (χ3n) is 4.46. The van der Waals surface area contributed by atoms with Gasteiger partial charge in [0.25, 0.3) is 11.6 Å². The van der Waals surface area contributed by atoms with Crippen LogP contribution in [0.2, 0.25) is 0 Å². The van der Waals surface area contributed by atoms with E-state index in [4.69, 9.17) is 4.74 Å². The van der Waals surface area contributed by atoms with Crippen molar-refractivity contribution in [3.8, 4) is 5.75 Å². The molecule has 0 saturated carbocycles. The molecule has 3 rings (SSSR count). The zero-order chi connectivity index (χ0) is 18.9. The first-order valence-corrected chi connectivity index (χ1v) is 7.88. The Balaban J connectivity index is 1.90. The standard InChI is InChI=1S/C18H17N3O5/c1-18(13-7-9-14(26-2)10-8-13)16(22)20(17(23)19-18)11-12-5-3-4-6-15(12)21(24)25/h3-10H,11H2,1-2H3,(H,19,23). The second-order valence-electron chi connectivity index (χ2n) is 6.06. The van der Waals surface area contributed by atoms with Gasteiger partial charge in [-0.2, -0.15) is 0 Å². The first kappa shape index (κ1) is 17.4. The van der Waals surface area contributed by atoms with Gasteiger partial charge in [0.15, 0.2) is 0 Å². The third-order valence-corrected chi connectivity index (χ3v) is 4.46. The summed E-state index contributed by atoms with van der Waals surface area (Å²) in [5, 5.41) is 13.8. The van der Waals surface area contributed by atoms with Crippen molar-refractivity contribution in [1.29, 1.82) is 0 Å². The second kappa shape index (κ2) is 6.47. The topological polar surface area (TPSA) is 102 Å². The van der Waals surface area contributed by atoms with Gasteiger partial charge in [-0.05, 0) is 24.6 Å². The fourth-order valence-corrected chi connectivity index (χ4v) is 2.95. The second-order valence-corrected chi connectivity index (χ2v) is 6.06. The number of nitrogens with one attached hydrogen (secondary N) is 1. The highest BCUT2D eigenvalue weighted by molar-refractivity contribution is 6.07. The summed E-state index contributed by atoms with van der Waals surface area (Å²) in [4.78, 5) is 36.9. The lowest BCUT2D eigenvalue weighted by Crippen LogP contribution is -2.40. The van der Waals surface area contributed by atoms with Gasteiger partial charge >= 0.3 is 6.03 Å². The monoisotopic (exact) mass is 355 g/mol. The smallest absolute Gasteiger partial charge is 0.325 e. The lowest BCUT2D eigenvalue weighted by Gasteiger charge is -2.22. The Morgan fingerprint density at radius 3 is 2.42 bits per heavy atom. The van der Waals surface area contributed by atoms with Crippen molar-refractivity contribution in [1.82, 2.24) is 10.2 Å². The van der Waals surface area contributed by atoms with E-state index < -0.39 is 22.4 Å². The van der Waals surface area contributed by atoms with Crippen LogP contribution in [0.15, 0.2) is 48.5 Å². The molecule has 0 aliphatic carbocycles. The van der Waals surface area contributed by atoms with E-state index in [1.165, 1.54) is 25.3 Å². The van der Waals surface area contributed by atoms with Crippen LogP contribution in [0.25, 0.3) is 0 Å². The van der Waals surface area contributed by atoms with E-state index in [1.54, 1.807) is 37.3 Å². The van der Waals surface area contributed by atoms with Crippen molar-refractivity contribution in [3.05, 3.63) is 69.8 Å². The molecule has 0 aromatic heterocycles. The van der Waals surface area contributed by atoms with Crippen LogP contribution >= 0.6 is 0 Å². The zero-order valence-electron chi connectivity index (χ0n) is 14.3. The van der Waals surface area contributed by atoms with Gasteiger partial charge in [0.05, 0.1) is 18.6 Å². The summed E-state index contributed by atoms with van der Waals surface area (Å²) in [6, 6.07) is 12.2. The van der Waals surface area contributed by atoms with Crippen LogP contribution in [0.3, 0.4) is 0 Å². The van der Waals surface area contributed by atoms with E-state index in [-0.39, 0.29) is 12.2 Å². The quantitative estimate of drug-likeness (QED) is 0.504. The largest absolute Gasteiger partial charge is 0.497 e. The van der Waals surface area contributed by atoms with Crippen LogP contribution in [-0.2, 0) is 16.9 Å². The number of hydrogen-bond acceptors (Lipinski definition) is 5. The summed E-state index contributed by atoms with van der Waals surface area (Å²) < 4.78 is 5.10. The van der Waals surface area contributed by atoms with Crippen molar-refractivity contribution in [2.24, 2.45) is 0 Å². The maximum Gasteiger partial charge on any atom is 0.325 e. The minimum absolute atomic E-state index is 0.133. The van der Waals surface area contributed by atoms with Crippen LogP contribution in [0, 0.1) is 10.1 Å². The van der Waals surface area contributed by atoms with Gasteiger partial charge in [0, 0.05) is 11.6 Å². The molecule has 134 valence electrons. The minimum atomic E-state index is -1.24. The number of carbonyl (C=O) groups excluding carboxylic acids is 2. The Bertz CT molecular complexity index is 881. The molecular formula is C18H17N3O5. The summed E-state index contributed by atoms with van der Waals surface area (Å²) in [5.74, 6) is 0.164. The van der Waals surface area contributed by atoms with Crippen LogP contribution < -0.4 is 10.1 Å². The van der Waals surface area contributed by atoms with Gasteiger partial charge in [-0.25, -0.2) is 4.79 Å². The lowest BCUT2D eigenvalue weighted by atomic mass is 9.92. The van der Waals surface area contributed by atoms with Gasteiger partial charge in [0.2, 0.25) is 0 Å². The molecule has 2 aromatic carbocycles. The number of benzene rings is 2. The van der Waals surface area contributed by atoms with E-state index in [9.17, 15) is 19.7 Å². The highest BCUT2D eigenvalue weighted by Gasteiger charge is 2.49. The van der Waals surface area contributed by atoms with E-state index in [0.717, 1.165) is 4.90 Å². The molecule has 1 aliphatic rings. The maximum absolute atomic E-state index is 12.9. The average molecular weight is 355 g/mol. The zero-order valence-corrected chi connectivity index (χ0v) is 14.3. The number of nitrogens with zero attached hydrogens (tertiary/aromatic N) is 2.